The van der Waals surface area contributed by atoms with Crippen LogP contribution in [0.1, 0.15) is 35.7 Å². The summed E-state index contributed by atoms with van der Waals surface area (Å²) in [5.41, 5.74) is 1.23. The molecule has 10 nitrogen and oxygen atoms in total. The summed E-state index contributed by atoms with van der Waals surface area (Å²) in [5.74, 6) is -0.839. The van der Waals surface area contributed by atoms with Crippen molar-refractivity contribution >= 4 is 29.1 Å². The van der Waals surface area contributed by atoms with E-state index in [2.05, 4.69) is 10.6 Å². The van der Waals surface area contributed by atoms with Crippen LogP contribution in [-0.4, -0.2) is 65.8 Å². The van der Waals surface area contributed by atoms with Gasteiger partial charge in [-0.25, -0.2) is 0 Å². The molecule has 2 aromatic carbocycles. The highest BCUT2D eigenvalue weighted by atomic mass is 16.6. The first-order valence-electron chi connectivity index (χ1n) is 11.8. The Morgan fingerprint density at radius 1 is 1.06 bits per heavy atom. The van der Waals surface area contributed by atoms with Gasteiger partial charge < -0.3 is 20.4 Å². The van der Waals surface area contributed by atoms with Gasteiger partial charge in [0.25, 0.3) is 11.6 Å². The molecule has 1 atom stereocenters. The van der Waals surface area contributed by atoms with Crippen LogP contribution >= 0.6 is 0 Å². The first-order chi connectivity index (χ1) is 16.8. The van der Waals surface area contributed by atoms with Crippen LogP contribution in [0.15, 0.2) is 48.5 Å². The van der Waals surface area contributed by atoms with E-state index in [0.29, 0.717) is 38.3 Å². The lowest BCUT2D eigenvalue weighted by Crippen LogP contribution is -2.49. The summed E-state index contributed by atoms with van der Waals surface area (Å²) in [6.45, 7) is 3.39. The summed E-state index contributed by atoms with van der Waals surface area (Å²) in [7, 11) is 0. The second-order valence-corrected chi connectivity index (χ2v) is 8.95. The highest BCUT2D eigenvalue weighted by molar-refractivity contribution is 5.99. The van der Waals surface area contributed by atoms with Crippen LogP contribution in [0.5, 0.6) is 0 Å². The largest absolute Gasteiger partial charge is 0.362 e. The van der Waals surface area contributed by atoms with E-state index >= 15 is 0 Å². The van der Waals surface area contributed by atoms with Crippen molar-refractivity contribution < 1.29 is 19.3 Å². The first-order valence-corrected chi connectivity index (χ1v) is 11.8. The van der Waals surface area contributed by atoms with Crippen molar-refractivity contribution in [2.45, 2.75) is 38.3 Å². The zero-order valence-electron chi connectivity index (χ0n) is 19.6. The number of hydrogen-bond acceptors (Lipinski definition) is 6. The molecule has 184 valence electrons. The number of rotatable bonds is 8. The van der Waals surface area contributed by atoms with Gasteiger partial charge in [0.15, 0.2) is 0 Å². The molecule has 1 saturated carbocycles. The van der Waals surface area contributed by atoms with Crippen LogP contribution < -0.4 is 15.5 Å². The van der Waals surface area contributed by atoms with Crippen molar-refractivity contribution in [3.8, 4) is 0 Å². The Labute approximate surface area is 203 Å². The Morgan fingerprint density at radius 3 is 2.34 bits per heavy atom. The number of nitro benzene ring substituents is 1. The van der Waals surface area contributed by atoms with Crippen molar-refractivity contribution in [3.05, 3.63) is 69.8 Å². The normalized spacial score (nSPS) is 16.4. The van der Waals surface area contributed by atoms with Gasteiger partial charge in [-0.1, -0.05) is 30.3 Å². The van der Waals surface area contributed by atoms with E-state index in [0.717, 1.165) is 18.4 Å². The number of nitrogens with zero attached hydrogens (tertiary/aromatic N) is 3. The molecule has 4 rings (SSSR count). The second-order valence-electron chi connectivity index (χ2n) is 8.95. The van der Waals surface area contributed by atoms with Gasteiger partial charge in [0.1, 0.15) is 11.7 Å². The number of carbonyl (C=O) groups excluding carboxylic acids is 3. The molecular formula is C25H29N5O5. The van der Waals surface area contributed by atoms with Crippen LogP contribution in [0.2, 0.25) is 0 Å². The fourth-order valence-corrected chi connectivity index (χ4v) is 4.17. The van der Waals surface area contributed by atoms with Gasteiger partial charge in [-0.05, 0) is 30.5 Å². The number of amides is 3. The summed E-state index contributed by atoms with van der Waals surface area (Å²) >= 11 is 0. The summed E-state index contributed by atoms with van der Waals surface area (Å²) in [5, 5.41) is 17.5. The quantitative estimate of drug-likeness (QED) is 0.440. The van der Waals surface area contributed by atoms with E-state index in [-0.39, 0.29) is 29.1 Å². The van der Waals surface area contributed by atoms with Crippen molar-refractivity contribution in [1.29, 1.82) is 0 Å². The predicted octanol–water partition coefficient (Wildman–Crippen LogP) is 1.88. The topological polar surface area (TPSA) is 125 Å². The standard InChI is InChI=1S/C25H29N5O5/c1-17(31)28-11-13-29(14-12-28)22-10-7-19(16-23(22)30(34)35)24(32)27-21(25(33)26-20-8-9-20)15-18-5-3-2-4-6-18/h2-7,10,16,20-21H,8-9,11-15H2,1H3,(H,26,33)(H,27,32)/t21-/m1/s1. The second kappa shape index (κ2) is 10.5. The molecule has 1 heterocycles. The van der Waals surface area contributed by atoms with Crippen LogP contribution in [-0.2, 0) is 16.0 Å². The SMILES string of the molecule is CC(=O)N1CCN(c2ccc(C(=O)N[C@H](Cc3ccccc3)C(=O)NC3CC3)cc2[N+](=O)[O-])CC1. The third-order valence-corrected chi connectivity index (χ3v) is 6.33. The molecule has 2 aliphatic rings. The minimum atomic E-state index is -0.802. The summed E-state index contributed by atoms with van der Waals surface area (Å²) in [4.78, 5) is 52.3. The van der Waals surface area contributed by atoms with Gasteiger partial charge >= 0.3 is 0 Å². The molecule has 1 aliphatic carbocycles. The molecule has 3 amide bonds. The summed E-state index contributed by atoms with van der Waals surface area (Å²) < 4.78 is 0. The van der Waals surface area contributed by atoms with E-state index in [1.165, 1.54) is 19.1 Å². The van der Waals surface area contributed by atoms with Gasteiger partial charge in [0.2, 0.25) is 11.8 Å². The maximum atomic E-state index is 13.1. The number of nitro groups is 1. The zero-order valence-corrected chi connectivity index (χ0v) is 19.6. The summed E-state index contributed by atoms with van der Waals surface area (Å²) in [6.07, 6.45) is 2.16. The van der Waals surface area contributed by atoms with Crippen LogP contribution in [0, 0.1) is 10.1 Å². The Bertz CT molecular complexity index is 1110. The van der Waals surface area contributed by atoms with Gasteiger partial charge in [-0.2, -0.15) is 0 Å². The maximum absolute atomic E-state index is 13.1. The molecule has 10 heteroatoms. The number of piperazine rings is 1. The molecule has 1 aliphatic heterocycles. The Morgan fingerprint density at radius 2 is 1.74 bits per heavy atom. The molecule has 0 unspecified atom stereocenters. The highest BCUT2D eigenvalue weighted by Gasteiger charge is 2.30. The maximum Gasteiger partial charge on any atom is 0.293 e. The molecule has 0 spiro atoms. The third-order valence-electron chi connectivity index (χ3n) is 6.33. The first kappa shape index (κ1) is 24.2. The molecule has 0 radical (unpaired) electrons. The van der Waals surface area contributed by atoms with E-state index in [1.807, 2.05) is 35.2 Å². The molecule has 2 N–H and O–H groups in total. The average molecular weight is 480 g/mol. The number of benzene rings is 2. The van der Waals surface area contributed by atoms with Crippen LogP contribution in [0.3, 0.4) is 0 Å². The zero-order chi connectivity index (χ0) is 24.9. The number of carbonyl (C=O) groups is 3. The van der Waals surface area contributed by atoms with Gasteiger partial charge in [-0.3, -0.25) is 24.5 Å². The predicted molar refractivity (Wildman–Crippen MR) is 130 cm³/mol. The van der Waals surface area contributed by atoms with Gasteiger partial charge in [0.05, 0.1) is 4.92 Å². The lowest BCUT2D eigenvalue weighted by atomic mass is 10.0. The Hall–Kier alpha value is -3.95. The molecule has 1 saturated heterocycles. The van der Waals surface area contributed by atoms with Crippen molar-refractivity contribution in [1.82, 2.24) is 15.5 Å². The van der Waals surface area contributed by atoms with E-state index in [9.17, 15) is 24.5 Å². The fraction of sp³-hybridized carbons (Fsp3) is 0.400. The minimum absolute atomic E-state index is 0.0260. The number of hydrogen-bond donors (Lipinski definition) is 2. The number of nitrogens with one attached hydrogen (secondary N) is 2. The minimum Gasteiger partial charge on any atom is -0.362 e. The Kier molecular flexibility index (Phi) is 7.28. The molecule has 35 heavy (non-hydrogen) atoms. The highest BCUT2D eigenvalue weighted by Crippen LogP contribution is 2.30. The van der Waals surface area contributed by atoms with E-state index < -0.39 is 16.9 Å². The molecular weight excluding hydrogens is 450 g/mol. The lowest BCUT2D eigenvalue weighted by molar-refractivity contribution is -0.384. The average Bonchev–Trinajstić information content (AvgIpc) is 3.68. The van der Waals surface area contributed by atoms with Gasteiger partial charge in [0, 0.05) is 57.2 Å². The Balaban J connectivity index is 1.50. The third kappa shape index (κ3) is 6.14. The van der Waals surface area contributed by atoms with Crippen LogP contribution in [0.25, 0.3) is 0 Å². The van der Waals surface area contributed by atoms with Gasteiger partial charge in [-0.15, -0.1) is 0 Å². The lowest BCUT2D eigenvalue weighted by Gasteiger charge is -2.35. The molecule has 2 fully saturated rings. The van der Waals surface area contributed by atoms with E-state index in [4.69, 9.17) is 0 Å². The molecule has 0 aromatic heterocycles. The molecule has 2 aromatic rings. The number of anilines is 1. The van der Waals surface area contributed by atoms with Crippen molar-refractivity contribution in [3.63, 3.8) is 0 Å². The monoisotopic (exact) mass is 479 g/mol. The van der Waals surface area contributed by atoms with E-state index in [1.54, 1.807) is 11.0 Å². The van der Waals surface area contributed by atoms with Crippen molar-refractivity contribution in [2.24, 2.45) is 0 Å². The molecule has 0 bridgehead atoms. The van der Waals surface area contributed by atoms with Crippen molar-refractivity contribution in [2.75, 3.05) is 31.1 Å². The summed E-state index contributed by atoms with van der Waals surface area (Å²) in [6, 6.07) is 13.1. The fourth-order valence-electron chi connectivity index (χ4n) is 4.17. The van der Waals surface area contributed by atoms with Crippen LogP contribution in [0.4, 0.5) is 11.4 Å². The smallest absolute Gasteiger partial charge is 0.293 e.